The third-order valence-corrected chi connectivity index (χ3v) is 2.16. The fourth-order valence-electron chi connectivity index (χ4n) is 1.37. The minimum Gasteiger partial charge on any atom is -0.496 e. The van der Waals surface area contributed by atoms with E-state index in [9.17, 15) is 14.4 Å². The normalized spacial score (nSPS) is 9.76. The number of hydrogen-bond donors (Lipinski definition) is 1. The van der Waals surface area contributed by atoms with E-state index in [0.717, 1.165) is 5.56 Å². The molecule has 1 N–H and O–H groups in total. The van der Waals surface area contributed by atoms with Gasteiger partial charge in [-0.25, -0.2) is 0 Å². The molecule has 5 nitrogen and oxygen atoms in total. The molecule has 0 aromatic heterocycles. The minimum absolute atomic E-state index is 0.0961. The summed E-state index contributed by atoms with van der Waals surface area (Å²) in [4.78, 5) is 33.4. The lowest BCUT2D eigenvalue weighted by Crippen LogP contribution is -2.18. The Morgan fingerprint density at radius 3 is 2.47 bits per heavy atom. The SMILES string of the molecule is COc1ccc(C)cc1C(=O)C(=O)CC(=O)O. The Hall–Kier alpha value is -2.17. The molecule has 0 amide bonds. The van der Waals surface area contributed by atoms with Gasteiger partial charge in [0.25, 0.3) is 0 Å². The monoisotopic (exact) mass is 236 g/mol. The number of rotatable bonds is 5. The molecule has 0 saturated carbocycles. The van der Waals surface area contributed by atoms with Gasteiger partial charge in [0.15, 0.2) is 0 Å². The van der Waals surface area contributed by atoms with Crippen molar-refractivity contribution in [2.45, 2.75) is 13.3 Å². The predicted octanol–water partition coefficient (Wildman–Crippen LogP) is 1.23. The maximum absolute atomic E-state index is 11.7. The second kappa shape index (κ2) is 5.25. The fraction of sp³-hybridized carbons (Fsp3) is 0.250. The molecule has 5 heteroatoms. The van der Waals surface area contributed by atoms with Crippen LogP contribution < -0.4 is 4.74 Å². The van der Waals surface area contributed by atoms with Crippen LogP contribution in [-0.2, 0) is 9.59 Å². The van der Waals surface area contributed by atoms with Crippen molar-refractivity contribution in [3.8, 4) is 5.75 Å². The number of ether oxygens (including phenoxy) is 1. The van der Waals surface area contributed by atoms with Crippen molar-refractivity contribution in [2.75, 3.05) is 7.11 Å². The van der Waals surface area contributed by atoms with E-state index in [1.165, 1.54) is 13.2 Å². The van der Waals surface area contributed by atoms with Gasteiger partial charge < -0.3 is 9.84 Å². The quantitative estimate of drug-likeness (QED) is 0.472. The van der Waals surface area contributed by atoms with Gasteiger partial charge in [-0.3, -0.25) is 14.4 Å². The Morgan fingerprint density at radius 2 is 1.94 bits per heavy atom. The summed E-state index contributed by atoms with van der Waals surface area (Å²) in [6, 6.07) is 4.80. The molecule has 1 rings (SSSR count). The van der Waals surface area contributed by atoms with E-state index in [1.807, 2.05) is 0 Å². The van der Waals surface area contributed by atoms with E-state index >= 15 is 0 Å². The molecule has 90 valence electrons. The molecule has 0 aliphatic carbocycles. The van der Waals surface area contributed by atoms with E-state index in [-0.39, 0.29) is 11.3 Å². The van der Waals surface area contributed by atoms with Crippen molar-refractivity contribution >= 4 is 17.5 Å². The number of ketones is 2. The minimum atomic E-state index is -1.32. The zero-order valence-electron chi connectivity index (χ0n) is 9.52. The van der Waals surface area contributed by atoms with Crippen LogP contribution in [0.4, 0.5) is 0 Å². The van der Waals surface area contributed by atoms with Gasteiger partial charge in [0.2, 0.25) is 11.6 Å². The third-order valence-electron chi connectivity index (χ3n) is 2.16. The Bertz CT molecular complexity index is 476. The molecule has 0 radical (unpaired) electrons. The number of benzene rings is 1. The van der Waals surface area contributed by atoms with Gasteiger partial charge >= 0.3 is 5.97 Å². The number of aryl methyl sites for hydroxylation is 1. The number of aliphatic carboxylic acids is 1. The number of carboxylic acids is 1. The molecule has 0 aliphatic rings. The number of carbonyl (C=O) groups is 3. The Labute approximate surface area is 98.0 Å². The highest BCUT2D eigenvalue weighted by Gasteiger charge is 2.22. The largest absolute Gasteiger partial charge is 0.496 e. The molecular formula is C12H12O5. The van der Waals surface area contributed by atoms with Gasteiger partial charge in [-0.1, -0.05) is 11.6 Å². The highest BCUT2D eigenvalue weighted by molar-refractivity contribution is 6.46. The first kappa shape index (κ1) is 12.9. The van der Waals surface area contributed by atoms with Crippen molar-refractivity contribution in [2.24, 2.45) is 0 Å². The maximum Gasteiger partial charge on any atom is 0.311 e. The summed E-state index contributed by atoms with van der Waals surface area (Å²) in [5, 5.41) is 8.46. The lowest BCUT2D eigenvalue weighted by molar-refractivity contribution is -0.139. The summed E-state index contributed by atoms with van der Waals surface area (Å²) < 4.78 is 4.96. The lowest BCUT2D eigenvalue weighted by atomic mass is 10.0. The maximum atomic E-state index is 11.7. The molecule has 1 aromatic carbocycles. The van der Waals surface area contributed by atoms with Crippen LogP contribution in [0.25, 0.3) is 0 Å². The van der Waals surface area contributed by atoms with E-state index in [2.05, 4.69) is 0 Å². The topological polar surface area (TPSA) is 80.7 Å². The predicted molar refractivity (Wildman–Crippen MR) is 59.3 cm³/mol. The zero-order valence-corrected chi connectivity index (χ0v) is 9.52. The van der Waals surface area contributed by atoms with Crippen molar-refractivity contribution in [1.82, 2.24) is 0 Å². The summed E-state index contributed by atoms with van der Waals surface area (Å²) in [7, 11) is 1.38. The highest BCUT2D eigenvalue weighted by Crippen LogP contribution is 2.20. The Kier molecular flexibility index (Phi) is 3.98. The van der Waals surface area contributed by atoms with Gasteiger partial charge in [-0.2, -0.15) is 0 Å². The number of methoxy groups -OCH3 is 1. The average molecular weight is 236 g/mol. The molecule has 0 atom stereocenters. The van der Waals surface area contributed by atoms with E-state index in [1.54, 1.807) is 19.1 Å². The van der Waals surface area contributed by atoms with Gasteiger partial charge in [0.1, 0.15) is 12.2 Å². The lowest BCUT2D eigenvalue weighted by Gasteiger charge is -2.07. The zero-order chi connectivity index (χ0) is 13.0. The molecule has 0 saturated heterocycles. The first-order valence-corrected chi connectivity index (χ1v) is 4.89. The van der Waals surface area contributed by atoms with Gasteiger partial charge in [0.05, 0.1) is 12.7 Å². The van der Waals surface area contributed by atoms with E-state index in [0.29, 0.717) is 0 Å². The molecular weight excluding hydrogens is 224 g/mol. The molecule has 0 spiro atoms. The average Bonchev–Trinajstić information content (AvgIpc) is 2.27. The van der Waals surface area contributed by atoms with Crippen molar-refractivity contribution in [1.29, 1.82) is 0 Å². The van der Waals surface area contributed by atoms with Gasteiger partial charge in [0, 0.05) is 0 Å². The first-order chi connectivity index (χ1) is 7.95. The number of carboxylic acid groups (broad SMARTS) is 1. The molecule has 0 unspecified atom stereocenters. The second-order valence-electron chi connectivity index (χ2n) is 3.53. The molecule has 17 heavy (non-hydrogen) atoms. The Balaban J connectivity index is 3.06. The summed E-state index contributed by atoms with van der Waals surface area (Å²) in [6.45, 7) is 1.76. The van der Waals surface area contributed by atoms with Crippen LogP contribution in [0.5, 0.6) is 5.75 Å². The highest BCUT2D eigenvalue weighted by atomic mass is 16.5. The van der Waals surface area contributed by atoms with Crippen LogP contribution >= 0.6 is 0 Å². The standard InChI is InChI=1S/C12H12O5/c1-7-3-4-10(17-2)8(5-7)12(16)9(13)6-11(14)15/h3-5H,6H2,1-2H3,(H,14,15). The smallest absolute Gasteiger partial charge is 0.311 e. The first-order valence-electron chi connectivity index (χ1n) is 4.89. The molecule has 0 aliphatic heterocycles. The number of hydrogen-bond acceptors (Lipinski definition) is 4. The van der Waals surface area contributed by atoms with Crippen molar-refractivity contribution in [3.63, 3.8) is 0 Å². The second-order valence-corrected chi connectivity index (χ2v) is 3.53. The molecule has 1 aromatic rings. The summed E-state index contributed by atoms with van der Waals surface area (Å²) in [6.07, 6.45) is -0.810. The van der Waals surface area contributed by atoms with Crippen LogP contribution in [0.1, 0.15) is 22.3 Å². The number of carbonyl (C=O) groups excluding carboxylic acids is 2. The summed E-state index contributed by atoms with van der Waals surface area (Å²) in [5.41, 5.74) is 0.885. The van der Waals surface area contributed by atoms with Crippen LogP contribution in [0.15, 0.2) is 18.2 Å². The van der Waals surface area contributed by atoms with Crippen LogP contribution in [0, 0.1) is 6.92 Å². The van der Waals surface area contributed by atoms with Crippen LogP contribution in [0.2, 0.25) is 0 Å². The fourth-order valence-corrected chi connectivity index (χ4v) is 1.37. The van der Waals surface area contributed by atoms with Gasteiger partial charge in [-0.05, 0) is 19.1 Å². The summed E-state index contributed by atoms with van der Waals surface area (Å²) in [5.74, 6) is -2.86. The Morgan fingerprint density at radius 1 is 1.29 bits per heavy atom. The van der Waals surface area contributed by atoms with Gasteiger partial charge in [-0.15, -0.1) is 0 Å². The molecule has 0 heterocycles. The van der Waals surface area contributed by atoms with Crippen molar-refractivity contribution < 1.29 is 24.2 Å². The van der Waals surface area contributed by atoms with Crippen molar-refractivity contribution in [3.05, 3.63) is 29.3 Å². The molecule has 0 fully saturated rings. The third kappa shape index (κ3) is 3.14. The van der Waals surface area contributed by atoms with Crippen LogP contribution in [-0.4, -0.2) is 29.8 Å². The van der Waals surface area contributed by atoms with Crippen LogP contribution in [0.3, 0.4) is 0 Å². The molecule has 0 bridgehead atoms. The van der Waals surface area contributed by atoms with E-state index in [4.69, 9.17) is 9.84 Å². The van der Waals surface area contributed by atoms with E-state index < -0.39 is 24.0 Å². The summed E-state index contributed by atoms with van der Waals surface area (Å²) >= 11 is 0. The number of Topliss-reactive ketones (excluding diaryl/α,β-unsaturated/α-hetero) is 2.